The SMILES string of the molecule is c1ccc(-c2nc(-c3ccccc3)nc(-c3cccc(-n4c5ccccc5c5cc(-c6nnc(-c7ccc8c9ccccc9n(-c9ccccc9)c8c7)n6-c6ccccc6)ccc54)c3)n2)cc1. The van der Waals surface area contributed by atoms with Gasteiger partial charge in [0, 0.05) is 66.4 Å². The molecule has 0 atom stereocenters. The minimum absolute atomic E-state index is 0.606. The molecule has 0 saturated carbocycles. The van der Waals surface area contributed by atoms with Crippen molar-refractivity contribution >= 4 is 43.6 Å². The first-order valence-electron chi connectivity index (χ1n) is 22.3. The largest absolute Gasteiger partial charge is 0.309 e. The monoisotopic (exact) mass is 858 g/mol. The molecular weight excluding hydrogens is 821 g/mol. The molecule has 0 amide bonds. The number of nitrogens with zero attached hydrogens (tertiary/aromatic N) is 8. The van der Waals surface area contributed by atoms with Gasteiger partial charge in [0.15, 0.2) is 29.1 Å². The van der Waals surface area contributed by atoms with E-state index < -0.39 is 0 Å². The second-order valence-electron chi connectivity index (χ2n) is 16.6. The molecule has 0 spiro atoms. The molecule has 13 rings (SSSR count). The number of benzene rings is 9. The van der Waals surface area contributed by atoms with Crippen molar-refractivity contribution in [3.05, 3.63) is 231 Å². The van der Waals surface area contributed by atoms with Crippen molar-refractivity contribution in [2.75, 3.05) is 0 Å². The normalized spacial score (nSPS) is 11.6. The van der Waals surface area contributed by atoms with E-state index >= 15 is 0 Å². The van der Waals surface area contributed by atoms with Gasteiger partial charge in [0.1, 0.15) is 0 Å². The third kappa shape index (κ3) is 6.50. The highest BCUT2D eigenvalue weighted by atomic mass is 15.3. The van der Waals surface area contributed by atoms with E-state index in [9.17, 15) is 0 Å². The van der Waals surface area contributed by atoms with Crippen molar-refractivity contribution in [2.45, 2.75) is 0 Å². The van der Waals surface area contributed by atoms with Crippen molar-refractivity contribution in [3.8, 4) is 74.0 Å². The third-order valence-electron chi connectivity index (χ3n) is 12.6. The highest BCUT2D eigenvalue weighted by Crippen LogP contribution is 2.39. The molecule has 0 N–H and O–H groups in total. The summed E-state index contributed by atoms with van der Waals surface area (Å²) in [6.07, 6.45) is 0. The van der Waals surface area contributed by atoms with Crippen LogP contribution in [0.2, 0.25) is 0 Å². The van der Waals surface area contributed by atoms with Crippen LogP contribution in [0.5, 0.6) is 0 Å². The maximum Gasteiger partial charge on any atom is 0.168 e. The predicted octanol–water partition coefficient (Wildman–Crippen LogP) is 14.0. The second kappa shape index (κ2) is 15.8. The summed E-state index contributed by atoms with van der Waals surface area (Å²) in [5, 5.41) is 14.6. The summed E-state index contributed by atoms with van der Waals surface area (Å²) in [6, 6.07) is 80.0. The first-order valence-corrected chi connectivity index (χ1v) is 22.3. The Morgan fingerprint density at radius 1 is 0.239 bits per heavy atom. The Hall–Kier alpha value is -9.27. The number of rotatable bonds is 8. The molecule has 0 unspecified atom stereocenters. The molecule has 0 bridgehead atoms. The van der Waals surface area contributed by atoms with Gasteiger partial charge in [-0.25, -0.2) is 15.0 Å². The smallest absolute Gasteiger partial charge is 0.168 e. The Balaban J connectivity index is 0.954. The van der Waals surface area contributed by atoms with Crippen molar-refractivity contribution in [1.82, 2.24) is 38.9 Å². The molecule has 0 saturated heterocycles. The number of hydrogen-bond acceptors (Lipinski definition) is 5. The van der Waals surface area contributed by atoms with Crippen LogP contribution < -0.4 is 0 Å². The van der Waals surface area contributed by atoms with Crippen LogP contribution in [0.4, 0.5) is 0 Å². The zero-order valence-electron chi connectivity index (χ0n) is 36.0. The Labute approximate surface area is 385 Å². The summed E-state index contributed by atoms with van der Waals surface area (Å²) in [4.78, 5) is 15.0. The second-order valence-corrected chi connectivity index (χ2v) is 16.6. The molecule has 9 aromatic carbocycles. The topological polar surface area (TPSA) is 79.2 Å². The number of para-hydroxylation sites is 4. The van der Waals surface area contributed by atoms with Gasteiger partial charge in [0.25, 0.3) is 0 Å². The lowest BCUT2D eigenvalue weighted by atomic mass is 10.1. The van der Waals surface area contributed by atoms with Crippen molar-refractivity contribution in [1.29, 1.82) is 0 Å². The predicted molar refractivity (Wildman–Crippen MR) is 271 cm³/mol. The van der Waals surface area contributed by atoms with Crippen LogP contribution in [0.25, 0.3) is 118 Å². The summed E-state index contributed by atoms with van der Waals surface area (Å²) in [6.45, 7) is 0. The highest BCUT2D eigenvalue weighted by Gasteiger charge is 2.22. The van der Waals surface area contributed by atoms with E-state index in [0.29, 0.717) is 17.5 Å². The van der Waals surface area contributed by atoms with Gasteiger partial charge in [-0.2, -0.15) is 0 Å². The van der Waals surface area contributed by atoms with Crippen LogP contribution in [-0.2, 0) is 0 Å². The number of hydrogen-bond donors (Lipinski definition) is 0. The molecule has 13 aromatic rings. The molecule has 0 fully saturated rings. The van der Waals surface area contributed by atoms with Gasteiger partial charge in [-0.15, -0.1) is 10.2 Å². The molecule has 8 nitrogen and oxygen atoms in total. The molecule has 4 heterocycles. The number of fused-ring (bicyclic) bond motifs is 6. The molecule has 314 valence electrons. The average molecular weight is 859 g/mol. The summed E-state index contributed by atoms with van der Waals surface area (Å²) < 4.78 is 6.85. The summed E-state index contributed by atoms with van der Waals surface area (Å²) >= 11 is 0. The van der Waals surface area contributed by atoms with E-state index in [-0.39, 0.29) is 0 Å². The maximum atomic E-state index is 5.04. The standard InChI is InChI=1S/C59H38N8/c1-5-18-39(19-6-1)55-60-56(40-20-7-2-8-21-40)62-57(61-55)41-22-17-27-46(36-41)66-52-31-16-14-29-48(52)50-37-42(33-35-53(50)66)58-63-64-59(67(58)45-25-11-4-12-26-45)43-32-34-49-47-28-13-15-30-51(47)65(54(49)38-43)44-23-9-3-10-24-44/h1-38H. The molecule has 0 radical (unpaired) electrons. The van der Waals surface area contributed by atoms with E-state index in [4.69, 9.17) is 25.1 Å². The highest BCUT2D eigenvalue weighted by molar-refractivity contribution is 6.11. The first kappa shape index (κ1) is 38.2. The van der Waals surface area contributed by atoms with E-state index in [1.165, 1.54) is 10.8 Å². The zero-order valence-corrected chi connectivity index (χ0v) is 36.0. The van der Waals surface area contributed by atoms with Gasteiger partial charge in [-0.05, 0) is 72.8 Å². The van der Waals surface area contributed by atoms with Crippen LogP contribution in [-0.4, -0.2) is 38.9 Å². The molecule has 8 heteroatoms. The molecule has 0 aliphatic carbocycles. The number of aromatic nitrogens is 8. The Morgan fingerprint density at radius 2 is 0.657 bits per heavy atom. The van der Waals surface area contributed by atoms with Crippen LogP contribution in [0.15, 0.2) is 231 Å². The Bertz CT molecular complexity index is 3910. The maximum absolute atomic E-state index is 5.04. The third-order valence-corrected chi connectivity index (χ3v) is 12.6. The van der Waals surface area contributed by atoms with E-state index in [2.05, 4.69) is 177 Å². The lowest BCUT2D eigenvalue weighted by Gasteiger charge is -2.13. The fourth-order valence-corrected chi connectivity index (χ4v) is 9.56. The van der Waals surface area contributed by atoms with E-state index in [0.717, 1.165) is 89.4 Å². The minimum atomic E-state index is 0.606. The van der Waals surface area contributed by atoms with Gasteiger partial charge >= 0.3 is 0 Å². The summed E-state index contributed by atoms with van der Waals surface area (Å²) in [5.41, 5.74) is 12.2. The Morgan fingerprint density at radius 3 is 1.27 bits per heavy atom. The quantitative estimate of drug-likeness (QED) is 0.152. The lowest BCUT2D eigenvalue weighted by molar-refractivity contribution is 1.07. The van der Waals surface area contributed by atoms with Gasteiger partial charge in [0.2, 0.25) is 0 Å². The average Bonchev–Trinajstić information content (AvgIpc) is 4.10. The van der Waals surface area contributed by atoms with Crippen LogP contribution in [0, 0.1) is 0 Å². The van der Waals surface area contributed by atoms with Gasteiger partial charge < -0.3 is 9.13 Å². The fraction of sp³-hybridized carbons (Fsp3) is 0. The zero-order chi connectivity index (χ0) is 44.3. The molecule has 4 aromatic heterocycles. The first-order chi connectivity index (χ1) is 33.2. The van der Waals surface area contributed by atoms with Gasteiger partial charge in [0.05, 0.1) is 22.1 Å². The van der Waals surface area contributed by atoms with Gasteiger partial charge in [-0.3, -0.25) is 4.57 Å². The minimum Gasteiger partial charge on any atom is -0.309 e. The van der Waals surface area contributed by atoms with Crippen LogP contribution in [0.3, 0.4) is 0 Å². The van der Waals surface area contributed by atoms with Crippen LogP contribution in [0.1, 0.15) is 0 Å². The van der Waals surface area contributed by atoms with Crippen molar-refractivity contribution in [3.63, 3.8) is 0 Å². The van der Waals surface area contributed by atoms with Crippen LogP contribution >= 0.6 is 0 Å². The molecule has 0 aliphatic heterocycles. The summed E-state index contributed by atoms with van der Waals surface area (Å²) in [7, 11) is 0. The summed E-state index contributed by atoms with van der Waals surface area (Å²) in [5.74, 6) is 3.37. The van der Waals surface area contributed by atoms with Crippen molar-refractivity contribution in [2.24, 2.45) is 0 Å². The lowest BCUT2D eigenvalue weighted by Crippen LogP contribution is -2.01. The molecule has 67 heavy (non-hydrogen) atoms. The Kier molecular flexibility index (Phi) is 8.99. The fourth-order valence-electron chi connectivity index (χ4n) is 9.56. The van der Waals surface area contributed by atoms with E-state index in [1.807, 2.05) is 66.7 Å². The molecule has 0 aliphatic rings. The van der Waals surface area contributed by atoms with Gasteiger partial charge in [-0.1, -0.05) is 158 Å². The van der Waals surface area contributed by atoms with E-state index in [1.54, 1.807) is 0 Å². The molecular formula is C59H38N8. The van der Waals surface area contributed by atoms with Crippen molar-refractivity contribution < 1.29 is 0 Å².